The second-order valence-corrected chi connectivity index (χ2v) is 6.51. The Hall–Kier alpha value is -0.610. The lowest BCUT2D eigenvalue weighted by Crippen LogP contribution is -2.51. The zero-order valence-corrected chi connectivity index (χ0v) is 11.8. The molecule has 2 saturated carbocycles. The number of hydrogen-bond donors (Lipinski definition) is 1. The highest BCUT2D eigenvalue weighted by Crippen LogP contribution is 2.33. The Morgan fingerprint density at radius 2 is 1.68 bits per heavy atom. The van der Waals surface area contributed by atoms with Crippen molar-refractivity contribution in [2.75, 3.05) is 32.7 Å². The van der Waals surface area contributed by atoms with Crippen molar-refractivity contribution in [3.05, 3.63) is 0 Å². The number of β-amino-alcohol motifs (C(OH)–C–C–N with tert-alkyl or cyclic N) is 1. The molecular formula is C15H26N2O2. The third kappa shape index (κ3) is 3.29. The normalized spacial score (nSPS) is 27.7. The second kappa shape index (κ2) is 5.80. The van der Waals surface area contributed by atoms with Crippen LogP contribution in [-0.4, -0.2) is 59.6 Å². The fraction of sp³-hybridized carbons (Fsp3) is 0.933. The zero-order chi connectivity index (χ0) is 13.2. The summed E-state index contributed by atoms with van der Waals surface area (Å²) < 4.78 is 0. The van der Waals surface area contributed by atoms with Crippen LogP contribution in [0.2, 0.25) is 0 Å². The summed E-state index contributed by atoms with van der Waals surface area (Å²) in [4.78, 5) is 16.7. The van der Waals surface area contributed by atoms with E-state index < -0.39 is 0 Å². The van der Waals surface area contributed by atoms with Crippen LogP contribution in [0.5, 0.6) is 0 Å². The van der Waals surface area contributed by atoms with Crippen molar-refractivity contribution >= 4 is 5.91 Å². The van der Waals surface area contributed by atoms with E-state index in [0.717, 1.165) is 45.6 Å². The Labute approximate surface area is 115 Å². The minimum atomic E-state index is -0.142. The molecule has 0 radical (unpaired) electrons. The smallest absolute Gasteiger partial charge is 0.225 e. The summed E-state index contributed by atoms with van der Waals surface area (Å²) in [6.07, 6.45) is 6.90. The van der Waals surface area contributed by atoms with Crippen LogP contribution in [0.3, 0.4) is 0 Å². The van der Waals surface area contributed by atoms with Gasteiger partial charge in [-0.05, 0) is 31.6 Å². The molecule has 1 amide bonds. The Balaban J connectivity index is 1.42. The van der Waals surface area contributed by atoms with Crippen LogP contribution in [0.1, 0.15) is 38.5 Å². The molecule has 108 valence electrons. The lowest BCUT2D eigenvalue weighted by atomic mass is 10.1. The highest BCUT2D eigenvalue weighted by molar-refractivity contribution is 5.79. The summed E-state index contributed by atoms with van der Waals surface area (Å²) in [5.74, 6) is 1.25. The van der Waals surface area contributed by atoms with Crippen LogP contribution in [0, 0.1) is 11.8 Å². The molecular weight excluding hydrogens is 240 g/mol. The molecule has 0 unspecified atom stereocenters. The van der Waals surface area contributed by atoms with E-state index in [0.29, 0.717) is 17.7 Å². The van der Waals surface area contributed by atoms with Crippen LogP contribution >= 0.6 is 0 Å². The maximum atomic E-state index is 12.3. The average Bonchev–Trinajstić information content (AvgIpc) is 3.14. The summed E-state index contributed by atoms with van der Waals surface area (Å²) in [5, 5.41) is 9.97. The molecule has 3 fully saturated rings. The predicted octanol–water partition coefficient (Wildman–Crippen LogP) is 1.09. The maximum absolute atomic E-state index is 12.3. The summed E-state index contributed by atoms with van der Waals surface area (Å²) in [6, 6.07) is 0. The van der Waals surface area contributed by atoms with E-state index in [9.17, 15) is 9.90 Å². The second-order valence-electron chi connectivity index (χ2n) is 6.51. The molecule has 19 heavy (non-hydrogen) atoms. The monoisotopic (exact) mass is 266 g/mol. The van der Waals surface area contributed by atoms with E-state index in [1.807, 2.05) is 0 Å². The van der Waals surface area contributed by atoms with Gasteiger partial charge >= 0.3 is 0 Å². The van der Waals surface area contributed by atoms with E-state index in [-0.39, 0.29) is 6.10 Å². The van der Waals surface area contributed by atoms with Gasteiger partial charge in [-0.25, -0.2) is 0 Å². The van der Waals surface area contributed by atoms with Gasteiger partial charge in [0.05, 0.1) is 6.10 Å². The van der Waals surface area contributed by atoms with Gasteiger partial charge in [-0.15, -0.1) is 0 Å². The van der Waals surface area contributed by atoms with Crippen LogP contribution in [0.4, 0.5) is 0 Å². The van der Waals surface area contributed by atoms with Gasteiger partial charge in [0.1, 0.15) is 0 Å². The molecule has 0 spiro atoms. The molecule has 1 heterocycles. The molecule has 3 aliphatic rings. The van der Waals surface area contributed by atoms with Gasteiger partial charge in [0.25, 0.3) is 0 Å². The van der Waals surface area contributed by atoms with E-state index in [1.165, 1.54) is 25.7 Å². The average molecular weight is 266 g/mol. The predicted molar refractivity (Wildman–Crippen MR) is 73.7 cm³/mol. The highest BCUT2D eigenvalue weighted by Gasteiger charge is 2.33. The highest BCUT2D eigenvalue weighted by atomic mass is 16.3. The van der Waals surface area contributed by atoms with Crippen molar-refractivity contribution in [1.29, 1.82) is 0 Å². The molecule has 0 aromatic carbocycles. The molecule has 2 aliphatic carbocycles. The number of hydrogen-bond acceptors (Lipinski definition) is 3. The summed E-state index contributed by atoms with van der Waals surface area (Å²) in [6.45, 7) is 4.38. The van der Waals surface area contributed by atoms with Crippen molar-refractivity contribution in [2.45, 2.75) is 44.6 Å². The van der Waals surface area contributed by atoms with Gasteiger partial charge in [-0.1, -0.05) is 12.8 Å². The number of piperazine rings is 1. The first-order chi connectivity index (χ1) is 9.24. The van der Waals surface area contributed by atoms with Gasteiger partial charge < -0.3 is 10.0 Å². The van der Waals surface area contributed by atoms with Crippen molar-refractivity contribution in [1.82, 2.24) is 9.80 Å². The molecule has 3 rings (SSSR count). The van der Waals surface area contributed by atoms with Crippen molar-refractivity contribution in [2.24, 2.45) is 11.8 Å². The van der Waals surface area contributed by atoms with Crippen LogP contribution in [0.15, 0.2) is 0 Å². The van der Waals surface area contributed by atoms with Gasteiger partial charge in [0.15, 0.2) is 0 Å². The lowest BCUT2D eigenvalue weighted by Gasteiger charge is -2.36. The number of aliphatic hydroxyl groups is 1. The fourth-order valence-corrected chi connectivity index (χ4v) is 3.48. The Morgan fingerprint density at radius 3 is 2.26 bits per heavy atom. The van der Waals surface area contributed by atoms with Crippen LogP contribution in [0.25, 0.3) is 0 Å². The number of aliphatic hydroxyl groups excluding tert-OH is 1. The van der Waals surface area contributed by atoms with Crippen molar-refractivity contribution in [3.8, 4) is 0 Å². The van der Waals surface area contributed by atoms with Crippen LogP contribution in [-0.2, 0) is 4.79 Å². The first-order valence-corrected chi connectivity index (χ1v) is 7.93. The SMILES string of the molecule is O=C(C1CCCC1)N1CCN(C[C@@H](O)C2CC2)CC1. The molecule has 4 heteroatoms. The first kappa shape index (κ1) is 13.4. The number of carbonyl (C=O) groups excluding carboxylic acids is 1. The molecule has 0 aromatic rings. The van der Waals surface area contributed by atoms with Crippen molar-refractivity contribution < 1.29 is 9.90 Å². The number of rotatable bonds is 4. The molecule has 0 bridgehead atoms. The standard InChI is InChI=1S/C15H26N2O2/c18-14(12-5-6-12)11-16-7-9-17(10-8-16)15(19)13-3-1-2-4-13/h12-14,18H,1-11H2/t14-/m1/s1. The summed E-state index contributed by atoms with van der Waals surface area (Å²) >= 11 is 0. The van der Waals surface area contributed by atoms with Crippen molar-refractivity contribution in [3.63, 3.8) is 0 Å². The Morgan fingerprint density at radius 1 is 1.05 bits per heavy atom. The van der Waals surface area contributed by atoms with E-state index in [1.54, 1.807) is 0 Å². The van der Waals surface area contributed by atoms with Crippen LogP contribution < -0.4 is 0 Å². The molecule has 1 atom stereocenters. The molecule has 1 aliphatic heterocycles. The summed E-state index contributed by atoms with van der Waals surface area (Å²) in [5.41, 5.74) is 0. The Bertz CT molecular complexity index is 316. The number of amides is 1. The lowest BCUT2D eigenvalue weighted by molar-refractivity contribution is -0.137. The van der Waals surface area contributed by atoms with E-state index in [4.69, 9.17) is 0 Å². The summed E-state index contributed by atoms with van der Waals surface area (Å²) in [7, 11) is 0. The molecule has 0 aromatic heterocycles. The molecule has 4 nitrogen and oxygen atoms in total. The molecule has 1 N–H and O–H groups in total. The quantitative estimate of drug-likeness (QED) is 0.828. The fourth-order valence-electron chi connectivity index (χ4n) is 3.48. The third-order valence-electron chi connectivity index (χ3n) is 5.00. The van der Waals surface area contributed by atoms with E-state index >= 15 is 0 Å². The molecule has 1 saturated heterocycles. The number of carbonyl (C=O) groups is 1. The van der Waals surface area contributed by atoms with Gasteiger partial charge in [-0.3, -0.25) is 9.69 Å². The third-order valence-corrected chi connectivity index (χ3v) is 5.00. The van der Waals surface area contributed by atoms with E-state index in [2.05, 4.69) is 9.80 Å². The van der Waals surface area contributed by atoms with Gasteiger partial charge in [-0.2, -0.15) is 0 Å². The first-order valence-electron chi connectivity index (χ1n) is 7.93. The number of nitrogens with zero attached hydrogens (tertiary/aromatic N) is 2. The maximum Gasteiger partial charge on any atom is 0.225 e. The topological polar surface area (TPSA) is 43.8 Å². The van der Waals surface area contributed by atoms with Gasteiger partial charge in [0, 0.05) is 38.6 Å². The minimum absolute atomic E-state index is 0.142. The largest absolute Gasteiger partial charge is 0.392 e. The minimum Gasteiger partial charge on any atom is -0.392 e. The zero-order valence-electron chi connectivity index (χ0n) is 11.8. The Kier molecular flexibility index (Phi) is 4.08. The van der Waals surface area contributed by atoms with Gasteiger partial charge in [0.2, 0.25) is 5.91 Å².